The first-order valence-corrected chi connectivity index (χ1v) is 8.68. The first-order valence-electron chi connectivity index (χ1n) is 7.89. The lowest BCUT2D eigenvalue weighted by molar-refractivity contribution is 0.0856. The summed E-state index contributed by atoms with van der Waals surface area (Å²) in [6, 6.07) is 3.85. The molecule has 2 aromatic rings. The third-order valence-corrected chi connectivity index (χ3v) is 5.05. The van der Waals surface area contributed by atoms with E-state index >= 15 is 0 Å². The zero-order valence-corrected chi connectivity index (χ0v) is 14.2. The van der Waals surface area contributed by atoms with Gasteiger partial charge in [-0.1, -0.05) is 15.9 Å². The minimum atomic E-state index is -0.315. The Labute approximate surface area is 141 Å². The van der Waals surface area contributed by atoms with Crippen LogP contribution in [0.3, 0.4) is 0 Å². The van der Waals surface area contributed by atoms with Crippen LogP contribution in [0.15, 0.2) is 27.6 Å². The number of amides is 1. The molecule has 2 aliphatic rings. The Hall–Kier alpha value is -1.66. The number of ether oxygens (including phenoxy) is 1. The normalized spacial score (nSPS) is 19.4. The monoisotopic (exact) mass is 376 g/mol. The molecule has 2 aliphatic heterocycles. The molecule has 120 valence electrons. The standard InChI is InChI=1S/C17H17BrN2O3/c18-11-6-10-3-4-20-9-14(16(21)13(7-11)15(10)20)17(22)19-8-12-2-1-5-23-12/h6-7,9,12H,1-5,8H2,(H,19,22)/t12-/m0/s1. The second kappa shape index (κ2) is 5.76. The van der Waals surface area contributed by atoms with Gasteiger partial charge in [0.25, 0.3) is 5.91 Å². The quantitative estimate of drug-likeness (QED) is 0.893. The minimum absolute atomic E-state index is 0.0677. The summed E-state index contributed by atoms with van der Waals surface area (Å²) in [5.74, 6) is -0.315. The van der Waals surface area contributed by atoms with Gasteiger partial charge in [0.2, 0.25) is 5.43 Å². The van der Waals surface area contributed by atoms with E-state index in [1.807, 2.05) is 10.6 Å². The van der Waals surface area contributed by atoms with Crippen LogP contribution in [-0.4, -0.2) is 29.7 Å². The molecule has 3 heterocycles. The zero-order valence-electron chi connectivity index (χ0n) is 12.6. The van der Waals surface area contributed by atoms with Crippen LogP contribution in [0, 0.1) is 0 Å². The van der Waals surface area contributed by atoms with Gasteiger partial charge in [-0.25, -0.2) is 0 Å². The van der Waals surface area contributed by atoms with Crippen LogP contribution in [0.4, 0.5) is 0 Å². The van der Waals surface area contributed by atoms with Gasteiger partial charge in [-0.15, -0.1) is 0 Å². The molecule has 23 heavy (non-hydrogen) atoms. The van der Waals surface area contributed by atoms with Gasteiger partial charge in [-0.2, -0.15) is 0 Å². The van der Waals surface area contributed by atoms with Crippen molar-refractivity contribution in [3.05, 3.63) is 44.2 Å². The number of aryl methyl sites for hydroxylation is 2. The van der Waals surface area contributed by atoms with Gasteiger partial charge in [0.15, 0.2) is 0 Å². The van der Waals surface area contributed by atoms with E-state index in [9.17, 15) is 9.59 Å². The number of hydrogen-bond donors (Lipinski definition) is 1. The maximum absolute atomic E-state index is 12.7. The van der Waals surface area contributed by atoms with E-state index in [0.29, 0.717) is 11.9 Å². The summed E-state index contributed by atoms with van der Waals surface area (Å²) in [6.07, 6.45) is 4.63. The third kappa shape index (κ3) is 2.60. The molecule has 1 amide bonds. The van der Waals surface area contributed by atoms with E-state index in [1.165, 1.54) is 0 Å². The van der Waals surface area contributed by atoms with Crippen LogP contribution >= 0.6 is 15.9 Å². The largest absolute Gasteiger partial charge is 0.376 e. The van der Waals surface area contributed by atoms with E-state index in [0.717, 1.165) is 48.0 Å². The van der Waals surface area contributed by atoms with Crippen LogP contribution in [0.1, 0.15) is 28.8 Å². The Kier molecular flexibility index (Phi) is 3.73. The van der Waals surface area contributed by atoms with Crippen LogP contribution < -0.4 is 10.7 Å². The van der Waals surface area contributed by atoms with Crippen molar-refractivity contribution >= 4 is 32.7 Å². The second-order valence-corrected chi connectivity index (χ2v) is 7.04. The molecule has 0 unspecified atom stereocenters. The summed E-state index contributed by atoms with van der Waals surface area (Å²) in [4.78, 5) is 25.2. The van der Waals surface area contributed by atoms with Crippen molar-refractivity contribution in [2.24, 2.45) is 0 Å². The van der Waals surface area contributed by atoms with Crippen molar-refractivity contribution in [3.63, 3.8) is 0 Å². The van der Waals surface area contributed by atoms with Gasteiger partial charge >= 0.3 is 0 Å². The predicted octanol–water partition coefficient (Wildman–Crippen LogP) is 2.23. The summed E-state index contributed by atoms with van der Waals surface area (Å²) in [7, 11) is 0. The van der Waals surface area contributed by atoms with Gasteiger partial charge in [0.05, 0.1) is 11.6 Å². The summed E-state index contributed by atoms with van der Waals surface area (Å²) in [5.41, 5.74) is 2.11. The third-order valence-electron chi connectivity index (χ3n) is 4.60. The van der Waals surface area contributed by atoms with Gasteiger partial charge in [0, 0.05) is 35.8 Å². The highest BCUT2D eigenvalue weighted by atomic mass is 79.9. The van der Waals surface area contributed by atoms with Gasteiger partial charge < -0.3 is 14.6 Å². The van der Waals surface area contributed by atoms with Gasteiger partial charge in [-0.05, 0) is 37.0 Å². The number of nitrogens with one attached hydrogen (secondary N) is 1. The average molecular weight is 377 g/mol. The van der Waals surface area contributed by atoms with E-state index in [-0.39, 0.29) is 23.0 Å². The summed E-state index contributed by atoms with van der Waals surface area (Å²) < 4.78 is 8.40. The maximum Gasteiger partial charge on any atom is 0.256 e. The Morgan fingerprint density at radius 3 is 3.09 bits per heavy atom. The number of hydrogen-bond acceptors (Lipinski definition) is 3. The maximum atomic E-state index is 12.7. The molecule has 4 rings (SSSR count). The smallest absolute Gasteiger partial charge is 0.256 e. The molecule has 1 N–H and O–H groups in total. The Bertz CT molecular complexity index is 853. The number of benzene rings is 1. The molecule has 0 spiro atoms. The number of aromatic nitrogens is 1. The number of pyridine rings is 1. The van der Waals surface area contributed by atoms with Gasteiger partial charge in [-0.3, -0.25) is 9.59 Å². The van der Waals surface area contributed by atoms with Crippen LogP contribution in [0.5, 0.6) is 0 Å². The first-order chi connectivity index (χ1) is 11.1. The van der Waals surface area contributed by atoms with Crippen LogP contribution in [0.25, 0.3) is 10.9 Å². The number of carbonyl (C=O) groups is 1. The number of halogens is 1. The SMILES string of the molecule is O=C(NC[C@@H]1CCCO1)c1cn2c3c(cc(Br)cc3c1=O)CC2. The molecule has 1 aromatic heterocycles. The van der Waals surface area contributed by atoms with Crippen molar-refractivity contribution in [1.82, 2.24) is 9.88 Å². The molecule has 0 aliphatic carbocycles. The Balaban J connectivity index is 1.69. The highest BCUT2D eigenvalue weighted by Crippen LogP contribution is 2.28. The molecule has 6 heteroatoms. The fourth-order valence-electron chi connectivity index (χ4n) is 3.47. The average Bonchev–Trinajstić information content (AvgIpc) is 3.18. The highest BCUT2D eigenvalue weighted by Gasteiger charge is 2.22. The van der Waals surface area contributed by atoms with Crippen LogP contribution in [0.2, 0.25) is 0 Å². The number of nitrogens with zero attached hydrogens (tertiary/aromatic N) is 1. The predicted molar refractivity (Wildman–Crippen MR) is 90.9 cm³/mol. The fourth-order valence-corrected chi connectivity index (χ4v) is 3.97. The van der Waals surface area contributed by atoms with E-state index in [1.54, 1.807) is 12.3 Å². The van der Waals surface area contributed by atoms with Crippen LogP contribution in [-0.2, 0) is 17.7 Å². The minimum Gasteiger partial charge on any atom is -0.376 e. The molecule has 0 radical (unpaired) electrons. The van der Waals surface area contributed by atoms with Crippen molar-refractivity contribution < 1.29 is 9.53 Å². The zero-order chi connectivity index (χ0) is 16.0. The van der Waals surface area contributed by atoms with Crippen molar-refractivity contribution in [1.29, 1.82) is 0 Å². The molecule has 1 atom stereocenters. The summed E-state index contributed by atoms with van der Waals surface area (Å²) >= 11 is 3.45. The molecule has 0 bridgehead atoms. The lowest BCUT2D eigenvalue weighted by Crippen LogP contribution is -2.35. The molecular formula is C17H17BrN2O3. The molecular weight excluding hydrogens is 360 g/mol. The second-order valence-electron chi connectivity index (χ2n) is 6.12. The molecule has 5 nitrogen and oxygen atoms in total. The van der Waals surface area contributed by atoms with Crippen molar-refractivity contribution in [3.8, 4) is 0 Å². The lowest BCUT2D eigenvalue weighted by atomic mass is 10.1. The van der Waals surface area contributed by atoms with Crippen molar-refractivity contribution in [2.75, 3.05) is 13.2 Å². The van der Waals surface area contributed by atoms with E-state index in [4.69, 9.17) is 4.74 Å². The molecule has 0 saturated carbocycles. The number of rotatable bonds is 3. The number of carbonyl (C=O) groups excluding carboxylic acids is 1. The van der Waals surface area contributed by atoms with E-state index < -0.39 is 0 Å². The lowest BCUT2D eigenvalue weighted by Gasteiger charge is -2.12. The Morgan fingerprint density at radius 2 is 2.30 bits per heavy atom. The van der Waals surface area contributed by atoms with Gasteiger partial charge in [0.1, 0.15) is 5.56 Å². The molecule has 1 saturated heterocycles. The molecule has 1 fully saturated rings. The summed E-state index contributed by atoms with van der Waals surface area (Å²) in [6.45, 7) is 2.01. The fraction of sp³-hybridized carbons (Fsp3) is 0.412. The topological polar surface area (TPSA) is 60.3 Å². The highest BCUT2D eigenvalue weighted by molar-refractivity contribution is 9.10. The Morgan fingerprint density at radius 1 is 1.43 bits per heavy atom. The molecule has 1 aromatic carbocycles. The summed E-state index contributed by atoms with van der Waals surface area (Å²) in [5, 5.41) is 3.45. The van der Waals surface area contributed by atoms with Crippen molar-refractivity contribution in [2.45, 2.75) is 31.9 Å². The van der Waals surface area contributed by atoms with E-state index in [2.05, 4.69) is 21.2 Å². The first kappa shape index (κ1) is 14.9.